The van der Waals surface area contributed by atoms with Gasteiger partial charge in [0.2, 0.25) is 5.13 Å². The maximum absolute atomic E-state index is 9.43. The van der Waals surface area contributed by atoms with Crippen LogP contribution in [0.25, 0.3) is 5.13 Å². The molecule has 0 saturated carbocycles. The van der Waals surface area contributed by atoms with Gasteiger partial charge in [0.05, 0.1) is 24.6 Å². The van der Waals surface area contributed by atoms with Crippen LogP contribution in [0.5, 0.6) is 5.75 Å². The number of para-hydroxylation sites is 1. The van der Waals surface area contributed by atoms with Crippen molar-refractivity contribution < 1.29 is 9.84 Å². The maximum atomic E-state index is 9.43. The molecule has 6 nitrogen and oxygen atoms in total. The van der Waals surface area contributed by atoms with Gasteiger partial charge in [0.1, 0.15) is 11.4 Å². The standard InChI is InChI=1S/C15H16N4O2S/c1-11-10-22-15(16-11)19-14(13(9-20)17-18-19)7-8-21-12-5-3-2-4-6-12/h2-6,10,20H,7-9H2,1H3. The largest absolute Gasteiger partial charge is 0.493 e. The Morgan fingerprint density at radius 1 is 1.27 bits per heavy atom. The highest BCUT2D eigenvalue weighted by Gasteiger charge is 2.15. The smallest absolute Gasteiger partial charge is 0.212 e. The summed E-state index contributed by atoms with van der Waals surface area (Å²) in [7, 11) is 0. The molecule has 0 spiro atoms. The first kappa shape index (κ1) is 14.7. The van der Waals surface area contributed by atoms with E-state index >= 15 is 0 Å². The van der Waals surface area contributed by atoms with Crippen LogP contribution in [0.4, 0.5) is 0 Å². The summed E-state index contributed by atoms with van der Waals surface area (Å²) in [5.41, 5.74) is 2.32. The molecular formula is C15H16N4O2S. The highest BCUT2D eigenvalue weighted by Crippen LogP contribution is 2.18. The van der Waals surface area contributed by atoms with Crippen molar-refractivity contribution >= 4 is 11.3 Å². The first-order chi connectivity index (χ1) is 10.8. The average Bonchev–Trinajstić information content (AvgIpc) is 3.14. The van der Waals surface area contributed by atoms with E-state index in [-0.39, 0.29) is 6.61 Å². The van der Waals surface area contributed by atoms with E-state index in [1.165, 1.54) is 11.3 Å². The number of nitrogens with zero attached hydrogens (tertiary/aromatic N) is 4. The van der Waals surface area contributed by atoms with Crippen molar-refractivity contribution in [1.29, 1.82) is 0 Å². The Morgan fingerprint density at radius 3 is 2.77 bits per heavy atom. The number of aryl methyl sites for hydroxylation is 1. The zero-order valence-corrected chi connectivity index (χ0v) is 13.0. The summed E-state index contributed by atoms with van der Waals surface area (Å²) in [6.45, 7) is 2.27. The van der Waals surface area contributed by atoms with Gasteiger partial charge in [0.25, 0.3) is 0 Å². The van der Waals surface area contributed by atoms with Crippen LogP contribution in [0.1, 0.15) is 17.1 Å². The third-order valence-electron chi connectivity index (χ3n) is 3.13. The molecule has 0 radical (unpaired) electrons. The molecular weight excluding hydrogens is 300 g/mol. The van der Waals surface area contributed by atoms with E-state index in [9.17, 15) is 5.11 Å². The fourth-order valence-electron chi connectivity index (χ4n) is 2.08. The van der Waals surface area contributed by atoms with E-state index in [4.69, 9.17) is 4.74 Å². The van der Waals surface area contributed by atoms with Gasteiger partial charge in [-0.2, -0.15) is 4.68 Å². The zero-order chi connectivity index (χ0) is 15.4. The van der Waals surface area contributed by atoms with Gasteiger partial charge >= 0.3 is 0 Å². The molecule has 3 aromatic rings. The number of hydrogen-bond acceptors (Lipinski definition) is 6. The zero-order valence-electron chi connectivity index (χ0n) is 12.1. The van der Waals surface area contributed by atoms with Crippen LogP contribution in [0.3, 0.4) is 0 Å². The molecule has 0 bridgehead atoms. The summed E-state index contributed by atoms with van der Waals surface area (Å²) in [5.74, 6) is 0.817. The van der Waals surface area contributed by atoms with Crippen LogP contribution >= 0.6 is 11.3 Å². The summed E-state index contributed by atoms with van der Waals surface area (Å²) in [6, 6.07) is 9.62. The van der Waals surface area contributed by atoms with Crippen molar-refractivity contribution in [3.63, 3.8) is 0 Å². The Kier molecular flexibility index (Phi) is 4.45. The Balaban J connectivity index is 1.76. The van der Waals surface area contributed by atoms with Crippen LogP contribution < -0.4 is 4.74 Å². The molecule has 0 aliphatic heterocycles. The lowest BCUT2D eigenvalue weighted by Crippen LogP contribution is -2.09. The van der Waals surface area contributed by atoms with Crippen LogP contribution in [-0.2, 0) is 13.0 Å². The van der Waals surface area contributed by atoms with Gasteiger partial charge in [0, 0.05) is 11.8 Å². The van der Waals surface area contributed by atoms with Gasteiger partial charge in [-0.3, -0.25) is 0 Å². The molecule has 114 valence electrons. The van der Waals surface area contributed by atoms with E-state index in [0.717, 1.165) is 22.3 Å². The van der Waals surface area contributed by atoms with Gasteiger partial charge < -0.3 is 9.84 Å². The molecule has 2 heterocycles. The average molecular weight is 316 g/mol. The lowest BCUT2D eigenvalue weighted by atomic mass is 10.2. The highest BCUT2D eigenvalue weighted by molar-refractivity contribution is 7.12. The van der Waals surface area contributed by atoms with Gasteiger partial charge in [-0.15, -0.1) is 16.4 Å². The van der Waals surface area contributed by atoms with Gasteiger partial charge in [-0.25, -0.2) is 4.98 Å². The number of aliphatic hydroxyl groups is 1. The first-order valence-electron chi connectivity index (χ1n) is 6.92. The molecule has 22 heavy (non-hydrogen) atoms. The number of ether oxygens (including phenoxy) is 1. The van der Waals surface area contributed by atoms with Gasteiger partial charge in [-0.05, 0) is 19.1 Å². The third kappa shape index (κ3) is 3.15. The van der Waals surface area contributed by atoms with E-state index in [0.29, 0.717) is 18.7 Å². The van der Waals surface area contributed by atoms with E-state index in [1.807, 2.05) is 42.6 Å². The topological polar surface area (TPSA) is 73.1 Å². The van der Waals surface area contributed by atoms with Crippen LogP contribution in [0.15, 0.2) is 35.7 Å². The number of aromatic nitrogens is 4. The van der Waals surface area contributed by atoms with E-state index in [2.05, 4.69) is 15.3 Å². The quantitative estimate of drug-likeness (QED) is 0.754. The third-order valence-corrected chi connectivity index (χ3v) is 4.07. The highest BCUT2D eigenvalue weighted by atomic mass is 32.1. The Labute approximate surface area is 132 Å². The second-order valence-electron chi connectivity index (χ2n) is 4.74. The number of rotatable bonds is 6. The fraction of sp³-hybridized carbons (Fsp3) is 0.267. The molecule has 0 saturated heterocycles. The van der Waals surface area contributed by atoms with E-state index < -0.39 is 0 Å². The van der Waals surface area contributed by atoms with Crippen LogP contribution in [-0.4, -0.2) is 31.7 Å². The van der Waals surface area contributed by atoms with Gasteiger partial charge in [0.15, 0.2) is 0 Å². The number of benzene rings is 1. The molecule has 2 aromatic heterocycles. The fourth-order valence-corrected chi connectivity index (χ4v) is 2.85. The molecule has 0 atom stereocenters. The minimum atomic E-state index is -0.148. The van der Waals surface area contributed by atoms with Gasteiger partial charge in [-0.1, -0.05) is 23.4 Å². The second-order valence-corrected chi connectivity index (χ2v) is 5.57. The Morgan fingerprint density at radius 2 is 2.09 bits per heavy atom. The lowest BCUT2D eigenvalue weighted by Gasteiger charge is -2.07. The second kappa shape index (κ2) is 6.67. The molecule has 1 aromatic carbocycles. The predicted molar refractivity (Wildman–Crippen MR) is 83.3 cm³/mol. The molecule has 3 rings (SSSR count). The summed E-state index contributed by atoms with van der Waals surface area (Å²) in [6.07, 6.45) is 0.594. The van der Waals surface area contributed by atoms with Crippen molar-refractivity contribution in [3.05, 3.63) is 52.8 Å². The summed E-state index contributed by atoms with van der Waals surface area (Å²) < 4.78 is 7.39. The van der Waals surface area contributed by atoms with Crippen molar-refractivity contribution in [3.8, 4) is 10.9 Å². The Hall–Kier alpha value is -2.25. The molecule has 7 heteroatoms. The maximum Gasteiger partial charge on any atom is 0.212 e. The molecule has 0 unspecified atom stereocenters. The van der Waals surface area contributed by atoms with Crippen molar-refractivity contribution in [1.82, 2.24) is 20.0 Å². The molecule has 0 fully saturated rings. The molecule has 0 aliphatic rings. The lowest BCUT2D eigenvalue weighted by molar-refractivity contribution is 0.273. The molecule has 0 aliphatic carbocycles. The normalized spacial score (nSPS) is 10.8. The summed E-state index contributed by atoms with van der Waals surface area (Å²) in [4.78, 5) is 4.41. The number of thiazole rings is 1. The molecule has 0 amide bonds. The first-order valence-corrected chi connectivity index (χ1v) is 7.80. The SMILES string of the molecule is Cc1csc(-n2nnc(CO)c2CCOc2ccccc2)n1. The molecule has 1 N–H and O–H groups in total. The predicted octanol–water partition coefficient (Wildman–Crippen LogP) is 2.15. The minimum absolute atomic E-state index is 0.148. The monoisotopic (exact) mass is 316 g/mol. The van der Waals surface area contributed by atoms with Crippen LogP contribution in [0.2, 0.25) is 0 Å². The van der Waals surface area contributed by atoms with Crippen molar-refractivity contribution in [2.75, 3.05) is 6.61 Å². The number of hydrogen-bond donors (Lipinski definition) is 1. The van der Waals surface area contributed by atoms with Crippen molar-refractivity contribution in [2.24, 2.45) is 0 Å². The minimum Gasteiger partial charge on any atom is -0.493 e. The van der Waals surface area contributed by atoms with Crippen LogP contribution in [0, 0.1) is 6.92 Å². The van der Waals surface area contributed by atoms with Crippen molar-refractivity contribution in [2.45, 2.75) is 20.0 Å². The van der Waals surface area contributed by atoms with E-state index in [1.54, 1.807) is 4.68 Å². The number of aliphatic hydroxyl groups excluding tert-OH is 1. The Bertz CT molecular complexity index is 739. The summed E-state index contributed by atoms with van der Waals surface area (Å²) >= 11 is 1.50. The summed E-state index contributed by atoms with van der Waals surface area (Å²) in [5, 5.41) is 20.2.